The molecule has 1 N–H and O–H groups in total. The van der Waals surface area contributed by atoms with Crippen LogP contribution in [-0.4, -0.2) is 35.0 Å². The number of thioether (sulfide) groups is 1. The first-order valence-electron chi connectivity index (χ1n) is 7.26. The molecule has 0 atom stereocenters. The second-order valence-corrected chi connectivity index (χ2v) is 6.01. The molecular weight excluding hydrogens is 328 g/mol. The summed E-state index contributed by atoms with van der Waals surface area (Å²) < 4.78 is 4.83. The minimum absolute atomic E-state index is 0.125. The van der Waals surface area contributed by atoms with Crippen molar-refractivity contribution in [3.8, 4) is 0 Å². The van der Waals surface area contributed by atoms with Gasteiger partial charge in [0.25, 0.3) is 17.1 Å². The van der Waals surface area contributed by atoms with E-state index in [1.165, 1.54) is 18.6 Å². The van der Waals surface area contributed by atoms with Crippen LogP contribution in [0.2, 0.25) is 0 Å². The Morgan fingerprint density at radius 3 is 2.71 bits per heavy atom. The average molecular weight is 342 g/mol. The summed E-state index contributed by atoms with van der Waals surface area (Å²) in [6.07, 6.45) is 4.42. The van der Waals surface area contributed by atoms with Gasteiger partial charge in [-0.15, -0.1) is 0 Å². The van der Waals surface area contributed by atoms with Gasteiger partial charge in [0, 0.05) is 13.1 Å². The Morgan fingerprint density at radius 2 is 2.00 bits per heavy atom. The number of nitrogens with one attached hydrogen (secondary N) is 1. The van der Waals surface area contributed by atoms with Gasteiger partial charge in [0.15, 0.2) is 0 Å². The van der Waals surface area contributed by atoms with Crippen LogP contribution in [0.3, 0.4) is 0 Å². The lowest BCUT2D eigenvalue weighted by Crippen LogP contribution is -2.37. The lowest BCUT2D eigenvalue weighted by molar-refractivity contribution is -0.122. The number of hydrogen-bond donors (Lipinski definition) is 1. The molecule has 0 bridgehead atoms. The zero-order chi connectivity index (χ0) is 16.9. The Morgan fingerprint density at radius 1 is 1.21 bits per heavy atom. The Kier molecular flexibility index (Phi) is 4.81. The van der Waals surface area contributed by atoms with Crippen molar-refractivity contribution in [2.24, 2.45) is 0 Å². The van der Waals surface area contributed by atoms with Crippen molar-refractivity contribution in [3.05, 3.63) is 65.0 Å². The van der Waals surface area contributed by atoms with Crippen LogP contribution >= 0.6 is 11.8 Å². The highest BCUT2D eigenvalue weighted by molar-refractivity contribution is 8.18. The van der Waals surface area contributed by atoms with Crippen molar-refractivity contribution in [1.29, 1.82) is 0 Å². The monoisotopic (exact) mass is 342 g/mol. The molecule has 1 aromatic heterocycles. The molecule has 0 aliphatic carbocycles. The molecule has 3 amide bonds. The van der Waals surface area contributed by atoms with Crippen LogP contribution in [0.15, 0.2) is 58.2 Å². The molecule has 1 saturated heterocycles. The number of carbonyl (C=O) groups excluding carboxylic acids is 3. The number of nitrogens with zero attached hydrogens (tertiary/aromatic N) is 1. The predicted molar refractivity (Wildman–Crippen MR) is 90.2 cm³/mol. The molecule has 0 spiro atoms. The summed E-state index contributed by atoms with van der Waals surface area (Å²) in [4.78, 5) is 37.6. The van der Waals surface area contributed by atoms with Crippen LogP contribution < -0.4 is 5.32 Å². The summed E-state index contributed by atoms with van der Waals surface area (Å²) in [5, 5.41) is 2.31. The van der Waals surface area contributed by atoms with Gasteiger partial charge in [0.1, 0.15) is 6.26 Å². The van der Waals surface area contributed by atoms with Crippen molar-refractivity contribution in [1.82, 2.24) is 10.2 Å². The largest absolute Gasteiger partial charge is 0.472 e. The van der Waals surface area contributed by atoms with Gasteiger partial charge in [-0.05, 0) is 29.5 Å². The summed E-state index contributed by atoms with van der Waals surface area (Å²) in [6, 6.07) is 10.9. The maximum absolute atomic E-state index is 12.3. The highest BCUT2D eigenvalue weighted by Crippen LogP contribution is 2.31. The maximum Gasteiger partial charge on any atom is 0.293 e. The normalized spacial score (nSPS) is 16.0. The van der Waals surface area contributed by atoms with E-state index in [0.717, 1.165) is 22.2 Å². The number of rotatable bonds is 5. The van der Waals surface area contributed by atoms with E-state index in [1.807, 2.05) is 30.3 Å². The van der Waals surface area contributed by atoms with Crippen LogP contribution in [0.5, 0.6) is 0 Å². The first-order valence-corrected chi connectivity index (χ1v) is 8.07. The highest BCUT2D eigenvalue weighted by atomic mass is 32.2. The number of carbonyl (C=O) groups is 3. The molecule has 2 heterocycles. The van der Waals surface area contributed by atoms with E-state index in [9.17, 15) is 14.4 Å². The van der Waals surface area contributed by atoms with Crippen LogP contribution in [0, 0.1) is 0 Å². The van der Waals surface area contributed by atoms with Crippen molar-refractivity contribution in [3.63, 3.8) is 0 Å². The Bertz CT molecular complexity index is 784. The van der Waals surface area contributed by atoms with Gasteiger partial charge in [-0.3, -0.25) is 19.3 Å². The molecule has 1 aliphatic heterocycles. The summed E-state index contributed by atoms with van der Waals surface area (Å²) >= 11 is 0.904. The van der Waals surface area contributed by atoms with E-state index < -0.39 is 0 Å². The third-order valence-electron chi connectivity index (χ3n) is 3.38. The van der Waals surface area contributed by atoms with Crippen LogP contribution in [0.4, 0.5) is 4.79 Å². The van der Waals surface area contributed by atoms with E-state index in [0.29, 0.717) is 10.5 Å². The van der Waals surface area contributed by atoms with Crippen molar-refractivity contribution in [2.45, 2.75) is 0 Å². The van der Waals surface area contributed by atoms with Gasteiger partial charge in [0.05, 0.1) is 16.7 Å². The van der Waals surface area contributed by atoms with Crippen molar-refractivity contribution < 1.29 is 18.8 Å². The van der Waals surface area contributed by atoms with Gasteiger partial charge >= 0.3 is 0 Å². The van der Waals surface area contributed by atoms with Crippen molar-refractivity contribution >= 4 is 34.9 Å². The second kappa shape index (κ2) is 7.18. The molecule has 2 aromatic rings. The quantitative estimate of drug-likeness (QED) is 0.845. The van der Waals surface area contributed by atoms with E-state index in [2.05, 4.69) is 5.32 Å². The second-order valence-electron chi connectivity index (χ2n) is 5.01. The van der Waals surface area contributed by atoms with Crippen LogP contribution in [-0.2, 0) is 4.79 Å². The molecule has 24 heavy (non-hydrogen) atoms. The zero-order valence-electron chi connectivity index (χ0n) is 12.6. The summed E-state index contributed by atoms with van der Waals surface area (Å²) in [5.41, 5.74) is 1.25. The molecule has 1 aromatic carbocycles. The molecule has 122 valence electrons. The van der Waals surface area contributed by atoms with Crippen LogP contribution in [0.1, 0.15) is 15.9 Å². The molecule has 3 rings (SSSR count). The smallest absolute Gasteiger partial charge is 0.293 e. The minimum atomic E-state index is -0.341. The van der Waals surface area contributed by atoms with Gasteiger partial charge in [-0.25, -0.2) is 0 Å². The molecule has 0 unspecified atom stereocenters. The number of furan rings is 1. The Labute approximate surface area is 142 Å². The number of imide groups is 1. The third kappa shape index (κ3) is 3.57. The molecule has 0 saturated carbocycles. The fourth-order valence-electron chi connectivity index (χ4n) is 2.17. The minimum Gasteiger partial charge on any atom is -0.472 e. The molecule has 0 radical (unpaired) electrons. The molecule has 1 fully saturated rings. The molecule has 6 nitrogen and oxygen atoms in total. The number of benzene rings is 1. The fraction of sp³-hybridized carbons (Fsp3) is 0.118. The summed E-state index contributed by atoms with van der Waals surface area (Å²) in [7, 11) is 0. The van der Waals surface area contributed by atoms with Gasteiger partial charge in [-0.2, -0.15) is 0 Å². The predicted octanol–water partition coefficient (Wildman–Crippen LogP) is 2.75. The van der Waals surface area contributed by atoms with Gasteiger partial charge in [-0.1, -0.05) is 30.3 Å². The third-order valence-corrected chi connectivity index (χ3v) is 4.28. The van der Waals surface area contributed by atoms with Crippen LogP contribution in [0.25, 0.3) is 6.08 Å². The van der Waals surface area contributed by atoms with Gasteiger partial charge in [0.2, 0.25) is 0 Å². The SMILES string of the molecule is O=C(NCCN1C(=O)S/C(=C\c2ccccc2)C1=O)c1ccoc1. The lowest BCUT2D eigenvalue weighted by Gasteiger charge is -2.12. The molecular formula is C17H14N2O4S. The van der Waals surface area contributed by atoms with E-state index in [1.54, 1.807) is 6.08 Å². The Balaban J connectivity index is 1.59. The van der Waals surface area contributed by atoms with Crippen molar-refractivity contribution in [2.75, 3.05) is 13.1 Å². The summed E-state index contributed by atoms with van der Waals surface area (Å²) in [5.74, 6) is -0.651. The highest BCUT2D eigenvalue weighted by Gasteiger charge is 2.34. The molecule has 1 aliphatic rings. The lowest BCUT2D eigenvalue weighted by atomic mass is 10.2. The first kappa shape index (κ1) is 16.1. The van der Waals surface area contributed by atoms with E-state index >= 15 is 0 Å². The fourth-order valence-corrected chi connectivity index (χ4v) is 3.04. The van der Waals surface area contributed by atoms with Gasteiger partial charge < -0.3 is 9.73 Å². The Hall–Kier alpha value is -2.80. The first-order chi connectivity index (χ1) is 11.6. The number of amides is 3. The zero-order valence-corrected chi connectivity index (χ0v) is 13.4. The van der Waals surface area contributed by atoms with E-state index in [4.69, 9.17) is 4.42 Å². The average Bonchev–Trinajstić information content (AvgIpc) is 3.20. The summed E-state index contributed by atoms with van der Waals surface area (Å²) in [6.45, 7) is 0.307. The number of hydrogen-bond acceptors (Lipinski definition) is 5. The standard InChI is InChI=1S/C17H14N2O4S/c20-15(13-6-9-23-11-13)18-7-8-19-16(21)14(24-17(19)22)10-12-4-2-1-3-5-12/h1-6,9-11H,7-8H2,(H,18,20)/b14-10-. The topological polar surface area (TPSA) is 79.6 Å². The molecule has 7 heteroatoms. The van der Waals surface area contributed by atoms with E-state index in [-0.39, 0.29) is 30.1 Å². The maximum atomic E-state index is 12.3.